The molecule has 3 rings (SSSR count). The van der Waals surface area contributed by atoms with Crippen molar-refractivity contribution in [1.29, 1.82) is 0 Å². The summed E-state index contributed by atoms with van der Waals surface area (Å²) >= 11 is 0. The molecular formula is C20H14F6. The Labute approximate surface area is 146 Å². The van der Waals surface area contributed by atoms with Crippen LogP contribution in [-0.4, -0.2) is 6.18 Å². The van der Waals surface area contributed by atoms with Gasteiger partial charge in [-0.25, -0.2) is 13.2 Å². The highest BCUT2D eigenvalue weighted by Crippen LogP contribution is 2.34. The molecule has 0 radical (unpaired) electrons. The Morgan fingerprint density at radius 3 is 2.38 bits per heavy atom. The van der Waals surface area contributed by atoms with Crippen molar-refractivity contribution in [1.82, 2.24) is 0 Å². The molecule has 6 heteroatoms. The van der Waals surface area contributed by atoms with Crippen LogP contribution in [0.4, 0.5) is 26.3 Å². The molecule has 0 saturated carbocycles. The third-order valence-electron chi connectivity index (χ3n) is 4.45. The number of rotatable bonds is 1. The first-order valence-electron chi connectivity index (χ1n) is 8.06. The van der Waals surface area contributed by atoms with Crippen LogP contribution in [0.15, 0.2) is 24.3 Å². The Balaban J connectivity index is 2.14. The molecule has 0 aliphatic heterocycles. The Morgan fingerprint density at radius 1 is 1.04 bits per heavy atom. The Morgan fingerprint density at radius 2 is 1.77 bits per heavy atom. The van der Waals surface area contributed by atoms with Gasteiger partial charge in [0.1, 0.15) is 11.6 Å². The highest BCUT2D eigenvalue weighted by Gasteiger charge is 2.24. The Kier molecular flexibility index (Phi) is 4.74. The topological polar surface area (TPSA) is 0 Å². The van der Waals surface area contributed by atoms with Gasteiger partial charge in [0.05, 0.1) is 10.9 Å². The van der Waals surface area contributed by atoms with E-state index in [2.05, 4.69) is 6.92 Å². The van der Waals surface area contributed by atoms with E-state index in [1.165, 1.54) is 12.0 Å². The Bertz CT molecular complexity index is 956. The van der Waals surface area contributed by atoms with Gasteiger partial charge in [-0.05, 0) is 59.9 Å². The first-order valence-corrected chi connectivity index (χ1v) is 8.06. The molecule has 0 aromatic heterocycles. The number of benzene rings is 2. The van der Waals surface area contributed by atoms with E-state index in [0.29, 0.717) is 11.5 Å². The molecule has 136 valence electrons. The molecule has 0 N–H and O–H groups in total. The van der Waals surface area contributed by atoms with E-state index in [4.69, 9.17) is 0 Å². The summed E-state index contributed by atoms with van der Waals surface area (Å²) in [6.45, 7) is 2.10. The fourth-order valence-electron chi connectivity index (χ4n) is 3.07. The van der Waals surface area contributed by atoms with Gasteiger partial charge >= 0.3 is 6.18 Å². The molecule has 0 saturated heterocycles. The van der Waals surface area contributed by atoms with Crippen LogP contribution in [0.1, 0.15) is 37.3 Å². The molecule has 1 aliphatic carbocycles. The van der Waals surface area contributed by atoms with E-state index in [1.54, 1.807) is 0 Å². The summed E-state index contributed by atoms with van der Waals surface area (Å²) in [4.78, 5) is 0. The van der Waals surface area contributed by atoms with Crippen LogP contribution in [0.3, 0.4) is 0 Å². The van der Waals surface area contributed by atoms with Crippen molar-refractivity contribution in [3.63, 3.8) is 0 Å². The fraction of sp³-hybridized carbons (Fsp3) is 0.300. The zero-order valence-corrected chi connectivity index (χ0v) is 13.8. The zero-order valence-electron chi connectivity index (χ0n) is 13.8. The minimum absolute atomic E-state index is 0.0490. The first-order chi connectivity index (χ1) is 12.2. The molecule has 0 amide bonds. The van der Waals surface area contributed by atoms with E-state index < -0.39 is 34.6 Å². The number of alkyl halides is 3. The van der Waals surface area contributed by atoms with Gasteiger partial charge < -0.3 is 0 Å². The van der Waals surface area contributed by atoms with Gasteiger partial charge in [-0.15, -0.1) is 0 Å². The quantitative estimate of drug-likeness (QED) is 0.405. The van der Waals surface area contributed by atoms with Crippen molar-refractivity contribution in [2.24, 2.45) is 5.92 Å². The Hall–Kier alpha value is -2.42. The number of fused-ring (bicyclic) bond motifs is 1. The van der Waals surface area contributed by atoms with E-state index in [1.807, 2.05) is 6.08 Å². The van der Waals surface area contributed by atoms with Crippen LogP contribution in [0.2, 0.25) is 0 Å². The lowest BCUT2D eigenvalue weighted by Crippen LogP contribution is -2.03. The van der Waals surface area contributed by atoms with Gasteiger partial charge in [0.15, 0.2) is 5.82 Å². The molecule has 1 unspecified atom stereocenters. The van der Waals surface area contributed by atoms with E-state index in [0.717, 1.165) is 42.9 Å². The van der Waals surface area contributed by atoms with Crippen molar-refractivity contribution >= 4 is 16.3 Å². The lowest BCUT2D eigenvalue weighted by Gasteiger charge is -2.19. The fourth-order valence-corrected chi connectivity index (χ4v) is 3.07. The average Bonchev–Trinajstić information content (AvgIpc) is 2.53. The molecular weight excluding hydrogens is 354 g/mol. The summed E-state index contributed by atoms with van der Waals surface area (Å²) in [7, 11) is 0. The largest absolute Gasteiger partial charge is 0.458 e. The summed E-state index contributed by atoms with van der Waals surface area (Å²) in [5.74, 6) is -0.881. The molecule has 2 aromatic carbocycles. The van der Waals surface area contributed by atoms with E-state index in [-0.39, 0.29) is 5.39 Å². The first kappa shape index (κ1) is 18.4. The van der Waals surface area contributed by atoms with Crippen molar-refractivity contribution < 1.29 is 26.3 Å². The zero-order chi connectivity index (χ0) is 19.1. The molecule has 2 aromatic rings. The van der Waals surface area contributed by atoms with Gasteiger partial charge in [0.25, 0.3) is 0 Å². The number of halogens is 6. The second kappa shape index (κ2) is 6.71. The molecule has 26 heavy (non-hydrogen) atoms. The number of hydrogen-bond acceptors (Lipinski definition) is 0. The summed E-state index contributed by atoms with van der Waals surface area (Å²) in [6, 6.07) is 3.40. The maximum atomic E-state index is 14.5. The predicted octanol–water partition coefficient (Wildman–Crippen LogP) is 6.37. The number of allylic oxidation sites excluding steroid dienone is 2. The van der Waals surface area contributed by atoms with Crippen molar-refractivity contribution in [2.45, 2.75) is 32.4 Å². The second-order valence-corrected chi connectivity index (χ2v) is 6.46. The molecule has 0 fully saturated rings. The van der Waals surface area contributed by atoms with Crippen molar-refractivity contribution in [3.05, 3.63) is 52.9 Å². The smallest absolute Gasteiger partial charge is 0.206 e. The highest BCUT2D eigenvalue weighted by atomic mass is 19.4. The molecule has 0 heterocycles. The predicted molar refractivity (Wildman–Crippen MR) is 87.7 cm³/mol. The van der Waals surface area contributed by atoms with Gasteiger partial charge in [-0.3, -0.25) is 0 Å². The SMILES string of the molecule is CC1CC=C(c2cc(F)c3c(F)c(C#CC(F)(F)F)c(F)cc3c2)CC1. The van der Waals surface area contributed by atoms with Crippen LogP contribution >= 0.6 is 0 Å². The van der Waals surface area contributed by atoms with Crippen LogP contribution in [0.5, 0.6) is 0 Å². The van der Waals surface area contributed by atoms with Crippen molar-refractivity contribution in [3.8, 4) is 11.8 Å². The summed E-state index contributed by atoms with van der Waals surface area (Å²) in [5.41, 5.74) is 0.327. The lowest BCUT2D eigenvalue weighted by atomic mass is 9.87. The number of hydrogen-bond donors (Lipinski definition) is 0. The normalized spacial score (nSPS) is 17.7. The molecule has 0 bridgehead atoms. The summed E-state index contributed by atoms with van der Waals surface area (Å²) in [5, 5.41) is -0.613. The minimum atomic E-state index is -4.90. The van der Waals surface area contributed by atoms with Gasteiger partial charge in [-0.2, -0.15) is 13.2 Å². The molecule has 1 atom stereocenters. The van der Waals surface area contributed by atoms with Gasteiger partial charge in [0.2, 0.25) is 0 Å². The molecule has 0 spiro atoms. The van der Waals surface area contributed by atoms with Crippen LogP contribution in [0.25, 0.3) is 16.3 Å². The summed E-state index contributed by atoms with van der Waals surface area (Å²) in [6.07, 6.45) is -0.429. The molecule has 0 nitrogen and oxygen atoms in total. The monoisotopic (exact) mass is 368 g/mol. The van der Waals surface area contributed by atoms with E-state index in [9.17, 15) is 26.3 Å². The summed E-state index contributed by atoms with van der Waals surface area (Å²) < 4.78 is 79.5. The third-order valence-corrected chi connectivity index (χ3v) is 4.45. The van der Waals surface area contributed by atoms with Gasteiger partial charge in [-0.1, -0.05) is 18.9 Å². The minimum Gasteiger partial charge on any atom is -0.206 e. The average molecular weight is 368 g/mol. The van der Waals surface area contributed by atoms with E-state index >= 15 is 0 Å². The van der Waals surface area contributed by atoms with Crippen LogP contribution in [-0.2, 0) is 0 Å². The maximum absolute atomic E-state index is 14.5. The third kappa shape index (κ3) is 3.72. The van der Waals surface area contributed by atoms with Crippen LogP contribution < -0.4 is 0 Å². The second-order valence-electron chi connectivity index (χ2n) is 6.46. The van der Waals surface area contributed by atoms with Crippen LogP contribution in [0, 0.1) is 35.2 Å². The molecule has 1 aliphatic rings. The van der Waals surface area contributed by atoms with Crippen molar-refractivity contribution in [2.75, 3.05) is 0 Å². The highest BCUT2D eigenvalue weighted by molar-refractivity contribution is 5.89. The standard InChI is InChI=1S/C20H14F6/c1-11-2-4-12(5-3-11)13-8-14-10-16(21)15(6-7-20(24,25)26)19(23)18(14)17(22)9-13/h4,8-11H,2-3,5H2,1H3. The maximum Gasteiger partial charge on any atom is 0.458 e. The van der Waals surface area contributed by atoms with Gasteiger partial charge in [0, 0.05) is 5.92 Å². The lowest BCUT2D eigenvalue weighted by molar-refractivity contribution is -0.0696.